The Morgan fingerprint density at radius 2 is 2.12 bits per heavy atom. The van der Waals surface area contributed by atoms with Gasteiger partial charge in [0, 0.05) is 6.54 Å². The summed E-state index contributed by atoms with van der Waals surface area (Å²) in [6.07, 6.45) is 0.799. The Balaban J connectivity index is 2.56. The fourth-order valence-electron chi connectivity index (χ4n) is 1.34. The van der Waals surface area contributed by atoms with Crippen LogP contribution in [0.15, 0.2) is 18.2 Å². The molecular formula is C13H17ClN2. The fraction of sp³-hybridized carbons (Fsp3) is 0.462. The zero-order chi connectivity index (χ0) is 12.2. The summed E-state index contributed by atoms with van der Waals surface area (Å²) in [4.78, 5) is 0. The first-order valence-corrected chi connectivity index (χ1v) is 5.74. The molecule has 0 heterocycles. The molecule has 0 aliphatic heterocycles. The summed E-state index contributed by atoms with van der Waals surface area (Å²) in [6.45, 7) is 6.66. The molecule has 86 valence electrons. The third-order valence-corrected chi connectivity index (χ3v) is 2.82. The molecule has 1 N–H and O–H groups in total. The van der Waals surface area contributed by atoms with E-state index in [1.165, 1.54) is 5.56 Å². The normalized spacial score (nSPS) is 10.9. The van der Waals surface area contributed by atoms with E-state index in [0.717, 1.165) is 23.7 Å². The van der Waals surface area contributed by atoms with Gasteiger partial charge in [-0.1, -0.05) is 17.7 Å². The number of rotatable bonds is 4. The van der Waals surface area contributed by atoms with Crippen molar-refractivity contribution in [2.75, 3.05) is 11.9 Å². The number of nitrogens with one attached hydrogen (secondary N) is 1. The summed E-state index contributed by atoms with van der Waals surface area (Å²) < 4.78 is 0. The highest BCUT2D eigenvalue weighted by molar-refractivity contribution is 6.33. The predicted octanol–water partition coefficient (Wildman–Crippen LogP) is 4.00. The van der Waals surface area contributed by atoms with Gasteiger partial charge in [-0.3, -0.25) is 0 Å². The second-order valence-electron chi connectivity index (χ2n) is 4.66. The topological polar surface area (TPSA) is 35.8 Å². The molecule has 16 heavy (non-hydrogen) atoms. The van der Waals surface area contributed by atoms with Crippen LogP contribution in [-0.4, -0.2) is 6.54 Å². The van der Waals surface area contributed by atoms with E-state index in [-0.39, 0.29) is 5.41 Å². The maximum absolute atomic E-state index is 8.89. The lowest BCUT2D eigenvalue weighted by molar-refractivity contribution is 0.466. The molecule has 0 spiro atoms. The Kier molecular flexibility index (Phi) is 4.20. The summed E-state index contributed by atoms with van der Waals surface area (Å²) in [5.74, 6) is 0. The molecule has 0 fully saturated rings. The van der Waals surface area contributed by atoms with E-state index in [1.807, 2.05) is 39.0 Å². The third kappa shape index (κ3) is 3.75. The SMILES string of the molecule is Cc1ccc(Cl)c(NCCC(C)(C)C#N)c1. The van der Waals surface area contributed by atoms with Crippen molar-refractivity contribution in [1.29, 1.82) is 5.26 Å². The van der Waals surface area contributed by atoms with Gasteiger partial charge in [0.05, 0.1) is 22.2 Å². The molecule has 0 aliphatic rings. The first kappa shape index (κ1) is 12.9. The lowest BCUT2D eigenvalue weighted by Crippen LogP contribution is -2.14. The highest BCUT2D eigenvalue weighted by Gasteiger charge is 2.15. The molecule has 0 radical (unpaired) electrons. The van der Waals surface area contributed by atoms with Crippen LogP contribution in [0, 0.1) is 23.7 Å². The van der Waals surface area contributed by atoms with Crippen molar-refractivity contribution in [1.82, 2.24) is 0 Å². The van der Waals surface area contributed by atoms with Crippen molar-refractivity contribution in [2.24, 2.45) is 5.41 Å². The van der Waals surface area contributed by atoms with Gasteiger partial charge < -0.3 is 5.32 Å². The van der Waals surface area contributed by atoms with E-state index in [2.05, 4.69) is 11.4 Å². The van der Waals surface area contributed by atoms with Gasteiger partial charge in [0.1, 0.15) is 0 Å². The maximum atomic E-state index is 8.89. The minimum atomic E-state index is -0.288. The summed E-state index contributed by atoms with van der Waals surface area (Å²) in [5, 5.41) is 12.9. The number of hydrogen-bond donors (Lipinski definition) is 1. The van der Waals surface area contributed by atoms with Crippen molar-refractivity contribution < 1.29 is 0 Å². The van der Waals surface area contributed by atoms with Gasteiger partial charge >= 0.3 is 0 Å². The highest BCUT2D eigenvalue weighted by atomic mass is 35.5. The van der Waals surface area contributed by atoms with Crippen LogP contribution in [0.25, 0.3) is 0 Å². The van der Waals surface area contributed by atoms with E-state index in [9.17, 15) is 0 Å². The minimum Gasteiger partial charge on any atom is -0.384 e. The number of anilines is 1. The summed E-state index contributed by atoms with van der Waals surface area (Å²) in [7, 11) is 0. The number of nitrogens with zero attached hydrogens (tertiary/aromatic N) is 1. The summed E-state index contributed by atoms with van der Waals surface area (Å²) in [6, 6.07) is 8.16. The second-order valence-corrected chi connectivity index (χ2v) is 5.06. The van der Waals surface area contributed by atoms with E-state index < -0.39 is 0 Å². The molecule has 1 rings (SSSR count). The largest absolute Gasteiger partial charge is 0.384 e. The van der Waals surface area contributed by atoms with Crippen LogP contribution < -0.4 is 5.32 Å². The van der Waals surface area contributed by atoms with E-state index in [1.54, 1.807) is 0 Å². The molecule has 3 heteroatoms. The predicted molar refractivity (Wildman–Crippen MR) is 68.7 cm³/mol. The number of benzene rings is 1. The molecule has 0 aromatic heterocycles. The first-order chi connectivity index (χ1) is 7.44. The van der Waals surface area contributed by atoms with Crippen LogP contribution in [0.5, 0.6) is 0 Å². The van der Waals surface area contributed by atoms with Crippen LogP contribution in [0.3, 0.4) is 0 Å². The molecule has 0 amide bonds. The number of halogens is 1. The van der Waals surface area contributed by atoms with Gasteiger partial charge in [0.15, 0.2) is 0 Å². The average molecular weight is 237 g/mol. The lowest BCUT2D eigenvalue weighted by atomic mass is 9.91. The molecule has 0 aliphatic carbocycles. The minimum absolute atomic E-state index is 0.288. The Morgan fingerprint density at radius 3 is 2.75 bits per heavy atom. The van der Waals surface area contributed by atoms with Crippen molar-refractivity contribution in [3.8, 4) is 6.07 Å². The zero-order valence-electron chi connectivity index (χ0n) is 9.97. The average Bonchev–Trinajstić information content (AvgIpc) is 2.23. The molecular weight excluding hydrogens is 220 g/mol. The molecule has 0 saturated carbocycles. The Hall–Kier alpha value is -1.20. The Morgan fingerprint density at radius 1 is 1.44 bits per heavy atom. The Labute approximate surface area is 102 Å². The van der Waals surface area contributed by atoms with Crippen molar-refractivity contribution in [2.45, 2.75) is 27.2 Å². The smallest absolute Gasteiger partial charge is 0.0684 e. The van der Waals surface area contributed by atoms with E-state index in [0.29, 0.717) is 0 Å². The van der Waals surface area contributed by atoms with E-state index in [4.69, 9.17) is 16.9 Å². The zero-order valence-corrected chi connectivity index (χ0v) is 10.7. The van der Waals surface area contributed by atoms with Crippen LogP contribution in [0.2, 0.25) is 5.02 Å². The van der Waals surface area contributed by atoms with Gasteiger partial charge in [-0.2, -0.15) is 5.26 Å². The number of aryl methyl sites for hydroxylation is 1. The molecule has 0 saturated heterocycles. The first-order valence-electron chi connectivity index (χ1n) is 5.36. The molecule has 1 aromatic carbocycles. The molecule has 2 nitrogen and oxygen atoms in total. The lowest BCUT2D eigenvalue weighted by Gasteiger charge is -2.16. The number of hydrogen-bond acceptors (Lipinski definition) is 2. The third-order valence-electron chi connectivity index (χ3n) is 2.49. The number of nitriles is 1. The van der Waals surface area contributed by atoms with Gasteiger partial charge in [-0.05, 0) is 44.9 Å². The monoisotopic (exact) mass is 236 g/mol. The molecule has 1 aromatic rings. The van der Waals surface area contributed by atoms with Crippen molar-refractivity contribution >= 4 is 17.3 Å². The van der Waals surface area contributed by atoms with Crippen LogP contribution in [0.1, 0.15) is 25.8 Å². The molecule has 0 unspecified atom stereocenters. The quantitative estimate of drug-likeness (QED) is 0.858. The molecule has 0 bridgehead atoms. The van der Waals surface area contributed by atoms with Gasteiger partial charge in [-0.15, -0.1) is 0 Å². The van der Waals surface area contributed by atoms with Crippen molar-refractivity contribution in [3.05, 3.63) is 28.8 Å². The van der Waals surface area contributed by atoms with Crippen LogP contribution >= 0.6 is 11.6 Å². The molecule has 0 atom stereocenters. The second kappa shape index (κ2) is 5.23. The maximum Gasteiger partial charge on any atom is 0.0684 e. The van der Waals surface area contributed by atoms with Gasteiger partial charge in [0.25, 0.3) is 0 Å². The van der Waals surface area contributed by atoms with Crippen molar-refractivity contribution in [3.63, 3.8) is 0 Å². The fourth-order valence-corrected chi connectivity index (χ4v) is 1.52. The van der Waals surface area contributed by atoms with Crippen LogP contribution in [-0.2, 0) is 0 Å². The highest BCUT2D eigenvalue weighted by Crippen LogP contribution is 2.24. The van der Waals surface area contributed by atoms with Gasteiger partial charge in [0.2, 0.25) is 0 Å². The standard InChI is InChI=1S/C13H17ClN2/c1-10-4-5-11(14)12(8-10)16-7-6-13(2,3)9-15/h4-5,8,16H,6-7H2,1-3H3. The summed E-state index contributed by atoms with van der Waals surface area (Å²) in [5.41, 5.74) is 1.82. The van der Waals surface area contributed by atoms with Gasteiger partial charge in [-0.25, -0.2) is 0 Å². The Bertz CT molecular complexity index is 405. The summed E-state index contributed by atoms with van der Waals surface area (Å²) >= 11 is 6.05. The van der Waals surface area contributed by atoms with Crippen LogP contribution in [0.4, 0.5) is 5.69 Å². The van der Waals surface area contributed by atoms with E-state index >= 15 is 0 Å².